The van der Waals surface area contributed by atoms with Gasteiger partial charge in [0.2, 0.25) is 0 Å². The third-order valence-corrected chi connectivity index (χ3v) is 5.83. The summed E-state index contributed by atoms with van der Waals surface area (Å²) in [5, 5.41) is 2.56. The summed E-state index contributed by atoms with van der Waals surface area (Å²) in [5.41, 5.74) is 0.715. The lowest BCUT2D eigenvalue weighted by atomic mass is 10.0. The minimum Gasteiger partial charge on any atom is -0.497 e. The van der Waals surface area contributed by atoms with Gasteiger partial charge in [-0.25, -0.2) is 9.59 Å². The zero-order valence-electron chi connectivity index (χ0n) is 19.7. The number of hydrogen-bond donors (Lipinski definition) is 0. The fraction of sp³-hybridized carbons (Fsp3) is 0.0667. The number of carbonyl (C=O) groups is 2. The third-order valence-electron chi connectivity index (χ3n) is 5.83. The zero-order chi connectivity index (χ0) is 25.1. The van der Waals surface area contributed by atoms with Crippen LogP contribution < -0.4 is 18.9 Å². The van der Waals surface area contributed by atoms with Crippen LogP contribution in [0.5, 0.6) is 23.0 Å². The monoisotopic (exact) mass is 478 g/mol. The van der Waals surface area contributed by atoms with E-state index in [1.807, 2.05) is 48.5 Å². The molecule has 0 aromatic heterocycles. The zero-order valence-corrected chi connectivity index (χ0v) is 19.7. The van der Waals surface area contributed by atoms with Gasteiger partial charge in [-0.15, -0.1) is 0 Å². The van der Waals surface area contributed by atoms with Crippen LogP contribution in [0.15, 0.2) is 97.1 Å². The molecule has 36 heavy (non-hydrogen) atoms. The first-order valence-corrected chi connectivity index (χ1v) is 11.2. The van der Waals surface area contributed by atoms with Crippen molar-refractivity contribution in [1.82, 2.24) is 0 Å². The summed E-state index contributed by atoms with van der Waals surface area (Å²) in [7, 11) is 3.08. The quantitative estimate of drug-likeness (QED) is 0.159. The molecule has 0 heterocycles. The molecule has 0 aliphatic rings. The van der Waals surface area contributed by atoms with Crippen LogP contribution >= 0.6 is 0 Å². The molecule has 5 rings (SSSR count). The summed E-state index contributed by atoms with van der Waals surface area (Å²) in [6.45, 7) is 0. The predicted octanol–water partition coefficient (Wildman–Crippen LogP) is 6.45. The van der Waals surface area contributed by atoms with Crippen molar-refractivity contribution in [2.75, 3.05) is 14.2 Å². The van der Waals surface area contributed by atoms with Gasteiger partial charge in [0.05, 0.1) is 25.3 Å². The van der Waals surface area contributed by atoms with Crippen LogP contribution in [0.1, 0.15) is 20.7 Å². The van der Waals surface area contributed by atoms with Crippen LogP contribution in [-0.2, 0) is 0 Å². The number of ether oxygens (including phenoxy) is 4. The Labute approximate surface area is 207 Å². The van der Waals surface area contributed by atoms with Crippen molar-refractivity contribution in [3.63, 3.8) is 0 Å². The molecule has 0 saturated heterocycles. The highest BCUT2D eigenvalue weighted by molar-refractivity contribution is 6.13. The first-order chi connectivity index (χ1) is 17.6. The SMILES string of the molecule is COc1cccc(C(=O)Oc2c3ccccc3c(OC(=O)c3cccc(OC)c3)c3ccccc23)c1. The van der Waals surface area contributed by atoms with Crippen LogP contribution in [0.4, 0.5) is 0 Å². The standard InChI is InChI=1S/C30H22O6/c1-33-21-11-7-9-19(17-21)29(31)35-27-23-13-3-5-15-25(23)28(26-16-6-4-14-24(26)27)36-30(32)20-10-8-12-22(18-20)34-2/h3-18H,1-2H3. The molecule has 6 heteroatoms. The summed E-state index contributed by atoms with van der Waals surface area (Å²) in [6, 6.07) is 28.2. The number of hydrogen-bond acceptors (Lipinski definition) is 6. The van der Waals surface area contributed by atoms with E-state index in [0.717, 1.165) is 0 Å². The molecule has 0 amide bonds. The predicted molar refractivity (Wildman–Crippen MR) is 137 cm³/mol. The van der Waals surface area contributed by atoms with Crippen molar-refractivity contribution < 1.29 is 28.5 Å². The normalized spacial score (nSPS) is 10.7. The Hall–Kier alpha value is -4.84. The van der Waals surface area contributed by atoms with Crippen molar-refractivity contribution in [1.29, 1.82) is 0 Å². The highest BCUT2D eigenvalue weighted by atomic mass is 16.5. The van der Waals surface area contributed by atoms with E-state index in [4.69, 9.17) is 18.9 Å². The van der Waals surface area contributed by atoms with Crippen molar-refractivity contribution in [3.05, 3.63) is 108 Å². The molecule has 178 valence electrons. The number of fused-ring (bicyclic) bond motifs is 2. The smallest absolute Gasteiger partial charge is 0.343 e. The molecule has 6 nitrogen and oxygen atoms in total. The molecular weight excluding hydrogens is 456 g/mol. The fourth-order valence-corrected chi connectivity index (χ4v) is 4.07. The molecule has 0 radical (unpaired) electrons. The first kappa shape index (κ1) is 22.9. The van der Waals surface area contributed by atoms with E-state index in [-0.39, 0.29) is 0 Å². The largest absolute Gasteiger partial charge is 0.497 e. The number of methoxy groups -OCH3 is 2. The second-order valence-corrected chi connectivity index (χ2v) is 7.99. The molecule has 0 unspecified atom stereocenters. The van der Waals surface area contributed by atoms with E-state index in [1.165, 1.54) is 14.2 Å². The molecule has 0 saturated carbocycles. The average Bonchev–Trinajstić information content (AvgIpc) is 2.94. The van der Waals surface area contributed by atoms with Crippen LogP contribution in [0, 0.1) is 0 Å². The highest BCUT2D eigenvalue weighted by Crippen LogP contribution is 2.43. The maximum absolute atomic E-state index is 13.1. The average molecular weight is 479 g/mol. The summed E-state index contributed by atoms with van der Waals surface area (Å²) < 4.78 is 22.4. The number of esters is 2. The molecular formula is C30H22O6. The Kier molecular flexibility index (Phi) is 6.24. The van der Waals surface area contributed by atoms with Crippen molar-refractivity contribution in [2.24, 2.45) is 0 Å². The minimum absolute atomic E-state index is 0.357. The van der Waals surface area contributed by atoms with Crippen molar-refractivity contribution >= 4 is 33.5 Å². The Morgan fingerprint density at radius 1 is 0.500 bits per heavy atom. The number of rotatable bonds is 6. The van der Waals surface area contributed by atoms with E-state index < -0.39 is 11.9 Å². The number of carbonyl (C=O) groups excluding carboxylic acids is 2. The molecule has 0 aliphatic carbocycles. The number of benzene rings is 5. The highest BCUT2D eigenvalue weighted by Gasteiger charge is 2.21. The molecule has 0 bridgehead atoms. The summed E-state index contributed by atoms with van der Waals surface area (Å²) in [6.07, 6.45) is 0. The second kappa shape index (κ2) is 9.80. The third kappa shape index (κ3) is 4.32. The molecule has 0 fully saturated rings. The Morgan fingerprint density at radius 2 is 0.861 bits per heavy atom. The lowest BCUT2D eigenvalue weighted by Crippen LogP contribution is -2.11. The maximum atomic E-state index is 13.1. The summed E-state index contributed by atoms with van der Waals surface area (Å²) in [5.74, 6) is 0.832. The van der Waals surface area contributed by atoms with Gasteiger partial charge in [0.1, 0.15) is 23.0 Å². The molecule has 0 atom stereocenters. The van der Waals surface area contributed by atoms with Gasteiger partial charge in [-0.05, 0) is 36.4 Å². The summed E-state index contributed by atoms with van der Waals surface area (Å²) in [4.78, 5) is 26.2. The van der Waals surface area contributed by atoms with Crippen molar-refractivity contribution in [3.8, 4) is 23.0 Å². The molecule has 0 N–H and O–H groups in total. The minimum atomic E-state index is -0.523. The van der Waals surface area contributed by atoms with Gasteiger partial charge in [-0.1, -0.05) is 60.7 Å². The molecule has 5 aromatic carbocycles. The van der Waals surface area contributed by atoms with Crippen LogP contribution in [-0.4, -0.2) is 26.2 Å². The van der Waals surface area contributed by atoms with E-state index in [2.05, 4.69) is 0 Å². The first-order valence-electron chi connectivity index (χ1n) is 11.2. The van der Waals surface area contributed by atoms with Gasteiger partial charge in [0.25, 0.3) is 0 Å². The Bertz CT molecular complexity index is 1430. The molecule has 0 spiro atoms. The van der Waals surface area contributed by atoms with Crippen LogP contribution in [0.2, 0.25) is 0 Å². The van der Waals surface area contributed by atoms with Crippen LogP contribution in [0.25, 0.3) is 21.5 Å². The molecule has 5 aromatic rings. The van der Waals surface area contributed by atoms with Gasteiger partial charge in [-0.3, -0.25) is 0 Å². The summed E-state index contributed by atoms with van der Waals surface area (Å²) >= 11 is 0. The lowest BCUT2D eigenvalue weighted by molar-refractivity contribution is 0.0726. The van der Waals surface area contributed by atoms with Gasteiger partial charge in [0.15, 0.2) is 0 Å². The van der Waals surface area contributed by atoms with Gasteiger partial charge in [-0.2, -0.15) is 0 Å². The lowest BCUT2D eigenvalue weighted by Gasteiger charge is -2.16. The van der Waals surface area contributed by atoms with E-state index in [9.17, 15) is 9.59 Å². The Morgan fingerprint density at radius 3 is 1.19 bits per heavy atom. The second-order valence-electron chi connectivity index (χ2n) is 7.99. The topological polar surface area (TPSA) is 71.1 Å². The van der Waals surface area contributed by atoms with Gasteiger partial charge >= 0.3 is 11.9 Å². The Balaban J connectivity index is 1.62. The van der Waals surface area contributed by atoms with Gasteiger partial charge < -0.3 is 18.9 Å². The van der Waals surface area contributed by atoms with Crippen molar-refractivity contribution in [2.45, 2.75) is 0 Å². The van der Waals surface area contributed by atoms with E-state index in [1.54, 1.807) is 48.5 Å². The maximum Gasteiger partial charge on any atom is 0.343 e. The van der Waals surface area contributed by atoms with Crippen LogP contribution in [0.3, 0.4) is 0 Å². The van der Waals surface area contributed by atoms with E-state index >= 15 is 0 Å². The van der Waals surface area contributed by atoms with E-state index in [0.29, 0.717) is 55.7 Å². The fourth-order valence-electron chi connectivity index (χ4n) is 4.07. The molecule has 0 aliphatic heterocycles. The van der Waals surface area contributed by atoms with Gasteiger partial charge in [0, 0.05) is 21.5 Å².